The molecule has 3 heteroatoms. The number of nitrogens with zero attached hydrogens (tertiary/aromatic N) is 1. The lowest BCUT2D eigenvalue weighted by Gasteiger charge is -1.88. The van der Waals surface area contributed by atoms with Crippen LogP contribution in [0.5, 0.6) is 0 Å². The molecular weight excluding hydrogens is 204 g/mol. The van der Waals surface area contributed by atoms with Crippen LogP contribution in [0.1, 0.15) is 5.01 Å². The van der Waals surface area contributed by atoms with Crippen LogP contribution in [0, 0.1) is 6.92 Å². The summed E-state index contributed by atoms with van der Waals surface area (Å²) in [6.45, 7) is 2.02. The summed E-state index contributed by atoms with van der Waals surface area (Å²) < 4.78 is 0. The highest BCUT2D eigenvalue weighted by atomic mass is 32.1. The fourth-order valence-electron chi connectivity index (χ4n) is 1.70. The minimum Gasteiger partial charge on any atom is -0.353 e. The first-order chi connectivity index (χ1) is 7.33. The lowest BCUT2D eigenvalue weighted by Crippen LogP contribution is -1.76. The summed E-state index contributed by atoms with van der Waals surface area (Å²) in [7, 11) is 0. The molecule has 0 aliphatic heterocycles. The van der Waals surface area contributed by atoms with Crippen LogP contribution in [0.4, 0.5) is 0 Å². The van der Waals surface area contributed by atoms with Crippen LogP contribution in [0.25, 0.3) is 22.3 Å². The molecule has 15 heavy (non-hydrogen) atoms. The second-order valence-corrected chi connectivity index (χ2v) is 4.58. The molecule has 0 spiro atoms. The van der Waals surface area contributed by atoms with Gasteiger partial charge in [0.15, 0.2) is 0 Å². The fraction of sp³-hybridized carbons (Fsp3) is 0.0833. The van der Waals surface area contributed by atoms with E-state index < -0.39 is 0 Å². The first-order valence-corrected chi connectivity index (χ1v) is 5.71. The van der Waals surface area contributed by atoms with Gasteiger partial charge in [-0.05, 0) is 19.1 Å². The second-order valence-electron chi connectivity index (χ2n) is 3.52. The Kier molecular flexibility index (Phi) is 1.86. The highest BCUT2D eigenvalue weighted by Crippen LogP contribution is 2.24. The summed E-state index contributed by atoms with van der Waals surface area (Å²) in [4.78, 5) is 7.83. The van der Waals surface area contributed by atoms with Crippen molar-refractivity contribution in [2.45, 2.75) is 6.92 Å². The van der Waals surface area contributed by atoms with Crippen molar-refractivity contribution in [2.24, 2.45) is 0 Å². The van der Waals surface area contributed by atoms with Crippen LogP contribution in [-0.2, 0) is 0 Å². The van der Waals surface area contributed by atoms with E-state index in [1.165, 1.54) is 5.39 Å². The van der Waals surface area contributed by atoms with E-state index in [0.717, 1.165) is 21.9 Å². The van der Waals surface area contributed by atoms with E-state index in [-0.39, 0.29) is 0 Å². The standard InChI is InChI=1S/C12H10N2S/c1-8-13-12(7-15-8)11-6-9-4-2-3-5-10(9)14-11/h2-7,14H,1H3. The third-order valence-electron chi connectivity index (χ3n) is 2.42. The van der Waals surface area contributed by atoms with Gasteiger partial charge < -0.3 is 4.98 Å². The lowest BCUT2D eigenvalue weighted by molar-refractivity contribution is 1.27. The smallest absolute Gasteiger partial charge is 0.0977 e. The molecule has 1 N–H and O–H groups in total. The highest BCUT2D eigenvalue weighted by Gasteiger charge is 2.05. The molecule has 0 amide bonds. The number of rotatable bonds is 1. The molecule has 0 saturated heterocycles. The van der Waals surface area contributed by atoms with Crippen LogP contribution in [0.2, 0.25) is 0 Å². The number of thiazole rings is 1. The average molecular weight is 214 g/mol. The van der Waals surface area contributed by atoms with Gasteiger partial charge in [-0.25, -0.2) is 4.98 Å². The van der Waals surface area contributed by atoms with Gasteiger partial charge in [0.25, 0.3) is 0 Å². The maximum absolute atomic E-state index is 4.46. The van der Waals surface area contributed by atoms with Crippen molar-refractivity contribution < 1.29 is 0 Å². The topological polar surface area (TPSA) is 28.7 Å². The average Bonchev–Trinajstić information content (AvgIpc) is 2.82. The van der Waals surface area contributed by atoms with E-state index in [2.05, 4.69) is 33.5 Å². The van der Waals surface area contributed by atoms with Crippen molar-refractivity contribution in [3.63, 3.8) is 0 Å². The van der Waals surface area contributed by atoms with Crippen LogP contribution in [0.3, 0.4) is 0 Å². The number of aromatic nitrogens is 2. The van der Waals surface area contributed by atoms with E-state index in [1.807, 2.05) is 19.1 Å². The van der Waals surface area contributed by atoms with Crippen molar-refractivity contribution in [3.05, 3.63) is 40.7 Å². The molecule has 0 radical (unpaired) electrons. The normalized spacial score (nSPS) is 11.0. The third-order valence-corrected chi connectivity index (χ3v) is 3.20. The van der Waals surface area contributed by atoms with Crippen molar-refractivity contribution in [3.8, 4) is 11.4 Å². The Balaban J connectivity index is 2.19. The molecule has 2 aromatic heterocycles. The Hall–Kier alpha value is -1.61. The van der Waals surface area contributed by atoms with Gasteiger partial charge in [-0.1, -0.05) is 18.2 Å². The number of H-pyrrole nitrogens is 1. The predicted molar refractivity (Wildman–Crippen MR) is 64.1 cm³/mol. The van der Waals surface area contributed by atoms with E-state index in [1.54, 1.807) is 11.3 Å². The molecule has 0 saturated carbocycles. The van der Waals surface area contributed by atoms with Gasteiger partial charge in [-0.3, -0.25) is 0 Å². The second kappa shape index (κ2) is 3.21. The fourth-order valence-corrected chi connectivity index (χ4v) is 2.31. The van der Waals surface area contributed by atoms with Crippen molar-refractivity contribution in [1.29, 1.82) is 0 Å². The summed E-state index contributed by atoms with van der Waals surface area (Å²) in [6, 6.07) is 10.4. The zero-order valence-corrected chi connectivity index (χ0v) is 9.14. The van der Waals surface area contributed by atoms with Crippen LogP contribution in [0.15, 0.2) is 35.7 Å². The Bertz CT molecular complexity index is 574. The first-order valence-electron chi connectivity index (χ1n) is 4.83. The summed E-state index contributed by atoms with van der Waals surface area (Å²) in [5.41, 5.74) is 3.30. The molecule has 0 atom stereocenters. The molecule has 1 aromatic carbocycles. The monoisotopic (exact) mass is 214 g/mol. The van der Waals surface area contributed by atoms with Gasteiger partial charge in [-0.2, -0.15) is 0 Å². The zero-order chi connectivity index (χ0) is 10.3. The molecule has 0 aliphatic rings. The van der Waals surface area contributed by atoms with Crippen molar-refractivity contribution in [2.75, 3.05) is 0 Å². The van der Waals surface area contributed by atoms with E-state index in [9.17, 15) is 0 Å². The molecular formula is C12H10N2S. The van der Waals surface area contributed by atoms with Gasteiger partial charge in [0.05, 0.1) is 16.4 Å². The van der Waals surface area contributed by atoms with Gasteiger partial charge in [-0.15, -0.1) is 11.3 Å². The van der Waals surface area contributed by atoms with Gasteiger partial charge in [0, 0.05) is 16.3 Å². The molecule has 3 aromatic rings. The molecule has 0 unspecified atom stereocenters. The van der Waals surface area contributed by atoms with Crippen LogP contribution < -0.4 is 0 Å². The number of para-hydroxylation sites is 1. The van der Waals surface area contributed by atoms with Crippen molar-refractivity contribution >= 4 is 22.2 Å². The number of nitrogens with one attached hydrogen (secondary N) is 1. The minimum absolute atomic E-state index is 1.04. The van der Waals surface area contributed by atoms with Crippen molar-refractivity contribution in [1.82, 2.24) is 9.97 Å². The molecule has 2 heterocycles. The largest absolute Gasteiger partial charge is 0.353 e. The number of fused-ring (bicyclic) bond motifs is 1. The van der Waals surface area contributed by atoms with Crippen LogP contribution in [-0.4, -0.2) is 9.97 Å². The number of aromatic amines is 1. The zero-order valence-electron chi connectivity index (χ0n) is 8.32. The molecule has 0 aliphatic carbocycles. The Morgan fingerprint density at radius 1 is 1.27 bits per heavy atom. The first kappa shape index (κ1) is 8.68. The molecule has 3 rings (SSSR count). The highest BCUT2D eigenvalue weighted by molar-refractivity contribution is 7.09. The Labute approximate surface area is 91.6 Å². The minimum atomic E-state index is 1.04. The molecule has 74 valence electrons. The van der Waals surface area contributed by atoms with E-state index in [4.69, 9.17) is 0 Å². The number of hydrogen-bond donors (Lipinski definition) is 1. The summed E-state index contributed by atoms with van der Waals surface area (Å²) in [6.07, 6.45) is 0. The Morgan fingerprint density at radius 2 is 2.13 bits per heavy atom. The predicted octanol–water partition coefficient (Wildman–Crippen LogP) is 3.60. The lowest BCUT2D eigenvalue weighted by atomic mass is 10.2. The third kappa shape index (κ3) is 1.45. The number of hydrogen-bond acceptors (Lipinski definition) is 2. The van der Waals surface area contributed by atoms with Gasteiger partial charge in [0.1, 0.15) is 0 Å². The van der Waals surface area contributed by atoms with Gasteiger partial charge >= 0.3 is 0 Å². The van der Waals surface area contributed by atoms with Crippen LogP contribution >= 0.6 is 11.3 Å². The Morgan fingerprint density at radius 3 is 2.87 bits per heavy atom. The van der Waals surface area contributed by atoms with E-state index >= 15 is 0 Å². The summed E-state index contributed by atoms with van der Waals surface area (Å²) in [5.74, 6) is 0. The number of aryl methyl sites for hydroxylation is 1. The van der Waals surface area contributed by atoms with E-state index in [0.29, 0.717) is 0 Å². The molecule has 2 nitrogen and oxygen atoms in total. The summed E-state index contributed by atoms with van der Waals surface area (Å²) >= 11 is 1.68. The quantitative estimate of drug-likeness (QED) is 0.658. The number of benzene rings is 1. The maximum Gasteiger partial charge on any atom is 0.0977 e. The maximum atomic E-state index is 4.46. The molecule has 0 bridgehead atoms. The van der Waals surface area contributed by atoms with Gasteiger partial charge in [0.2, 0.25) is 0 Å². The molecule has 0 fully saturated rings. The SMILES string of the molecule is Cc1nc(-c2cc3ccccc3[nH]2)cs1. The summed E-state index contributed by atoms with van der Waals surface area (Å²) in [5, 5.41) is 4.42.